The summed E-state index contributed by atoms with van der Waals surface area (Å²) in [5, 5.41) is 4.01. The molecule has 6 nitrogen and oxygen atoms in total. The molecule has 0 bridgehead atoms. The molecule has 0 spiro atoms. The highest BCUT2D eigenvalue weighted by Crippen LogP contribution is 2.33. The number of fused-ring (bicyclic) bond motifs is 1. The smallest absolute Gasteiger partial charge is 0.235 e. The second-order valence-corrected chi connectivity index (χ2v) is 7.63. The van der Waals surface area contributed by atoms with E-state index in [0.717, 1.165) is 42.1 Å². The van der Waals surface area contributed by atoms with Crippen LogP contribution in [-0.2, 0) is 10.2 Å². The molecule has 1 saturated heterocycles. The molecule has 3 aromatic rings. The number of carbonyl (C=O) groups is 1. The van der Waals surface area contributed by atoms with Gasteiger partial charge in [-0.15, -0.1) is 0 Å². The van der Waals surface area contributed by atoms with E-state index < -0.39 is 5.41 Å². The van der Waals surface area contributed by atoms with E-state index in [1.54, 1.807) is 25.2 Å². The lowest BCUT2D eigenvalue weighted by atomic mass is 9.76. The zero-order chi connectivity index (χ0) is 19.0. The molecule has 1 unspecified atom stereocenters. The largest absolute Gasteiger partial charge is 0.348 e. The minimum Gasteiger partial charge on any atom is -0.348 e. The third-order valence-electron chi connectivity index (χ3n) is 5.17. The Labute approximate surface area is 163 Å². The van der Waals surface area contributed by atoms with Gasteiger partial charge in [-0.1, -0.05) is 17.7 Å². The molecule has 140 valence electrons. The van der Waals surface area contributed by atoms with Crippen LogP contribution in [0.25, 0.3) is 17.0 Å². The van der Waals surface area contributed by atoms with Crippen molar-refractivity contribution in [1.29, 1.82) is 0 Å². The summed E-state index contributed by atoms with van der Waals surface area (Å²) in [5.41, 5.74) is 2.59. The molecule has 1 N–H and O–H groups in total. The van der Waals surface area contributed by atoms with Gasteiger partial charge < -0.3 is 10.2 Å². The Morgan fingerprint density at radius 2 is 2.15 bits per heavy atom. The summed E-state index contributed by atoms with van der Waals surface area (Å²) < 4.78 is 1.92. The molecule has 1 atom stereocenters. The van der Waals surface area contributed by atoms with Crippen molar-refractivity contribution in [3.8, 4) is 11.4 Å². The number of nitrogens with one attached hydrogen (secondary N) is 1. The summed E-state index contributed by atoms with van der Waals surface area (Å²) in [6, 6.07) is 9.54. The average molecular weight is 384 g/mol. The van der Waals surface area contributed by atoms with Crippen LogP contribution in [0.2, 0.25) is 5.02 Å². The summed E-state index contributed by atoms with van der Waals surface area (Å²) >= 11 is 6.16. The number of imidazole rings is 1. The molecule has 0 aromatic carbocycles. The number of amides is 1. The van der Waals surface area contributed by atoms with Crippen LogP contribution < -0.4 is 5.32 Å². The van der Waals surface area contributed by atoms with Gasteiger partial charge >= 0.3 is 0 Å². The zero-order valence-corrected chi connectivity index (χ0v) is 16.2. The number of pyridine rings is 2. The van der Waals surface area contributed by atoms with Gasteiger partial charge in [0.15, 0.2) is 0 Å². The third kappa shape index (κ3) is 3.09. The van der Waals surface area contributed by atoms with Crippen molar-refractivity contribution in [2.45, 2.75) is 18.3 Å². The fourth-order valence-corrected chi connectivity index (χ4v) is 3.99. The summed E-state index contributed by atoms with van der Waals surface area (Å²) in [4.78, 5) is 24.1. The summed E-state index contributed by atoms with van der Waals surface area (Å²) in [7, 11) is 3.60. The van der Waals surface area contributed by atoms with E-state index in [4.69, 9.17) is 16.6 Å². The second-order valence-electron chi connectivity index (χ2n) is 7.19. The highest BCUT2D eigenvalue weighted by atomic mass is 35.5. The van der Waals surface area contributed by atoms with Gasteiger partial charge in [0.1, 0.15) is 11.1 Å². The van der Waals surface area contributed by atoms with E-state index in [1.807, 2.05) is 40.9 Å². The number of hydrogen-bond acceptors (Lipinski definition) is 4. The molecular formula is C20H22ClN5O. The maximum Gasteiger partial charge on any atom is 0.235 e. The zero-order valence-electron chi connectivity index (χ0n) is 15.4. The van der Waals surface area contributed by atoms with Gasteiger partial charge in [0, 0.05) is 26.8 Å². The first-order valence-electron chi connectivity index (χ1n) is 9.04. The van der Waals surface area contributed by atoms with Crippen LogP contribution in [0.3, 0.4) is 0 Å². The van der Waals surface area contributed by atoms with Crippen molar-refractivity contribution in [2.75, 3.05) is 27.2 Å². The van der Waals surface area contributed by atoms with Gasteiger partial charge in [0.2, 0.25) is 5.91 Å². The van der Waals surface area contributed by atoms with Crippen molar-refractivity contribution >= 4 is 23.2 Å². The summed E-state index contributed by atoms with van der Waals surface area (Å²) in [6.07, 6.45) is 5.34. The van der Waals surface area contributed by atoms with E-state index in [2.05, 4.69) is 10.3 Å². The molecule has 1 aliphatic heterocycles. The minimum atomic E-state index is -0.643. The first-order valence-corrected chi connectivity index (χ1v) is 9.42. The average Bonchev–Trinajstić information content (AvgIpc) is 3.11. The number of aromatic nitrogens is 3. The van der Waals surface area contributed by atoms with E-state index >= 15 is 0 Å². The van der Waals surface area contributed by atoms with Crippen molar-refractivity contribution in [2.24, 2.45) is 0 Å². The first-order chi connectivity index (χ1) is 13.0. The van der Waals surface area contributed by atoms with Crippen molar-refractivity contribution in [1.82, 2.24) is 24.6 Å². The highest BCUT2D eigenvalue weighted by Gasteiger charge is 2.43. The van der Waals surface area contributed by atoms with E-state index in [1.165, 1.54) is 0 Å². The van der Waals surface area contributed by atoms with E-state index in [-0.39, 0.29) is 5.91 Å². The van der Waals surface area contributed by atoms with Gasteiger partial charge in [0.05, 0.1) is 28.3 Å². The van der Waals surface area contributed by atoms with Gasteiger partial charge in [0.25, 0.3) is 0 Å². The van der Waals surface area contributed by atoms with Crippen LogP contribution in [0, 0.1) is 0 Å². The molecule has 0 aliphatic carbocycles. The molecule has 0 saturated carbocycles. The molecule has 4 heterocycles. The number of halogens is 1. The molecule has 7 heteroatoms. The highest BCUT2D eigenvalue weighted by molar-refractivity contribution is 6.30. The Balaban J connectivity index is 1.83. The molecule has 27 heavy (non-hydrogen) atoms. The van der Waals surface area contributed by atoms with Crippen molar-refractivity contribution < 1.29 is 4.79 Å². The van der Waals surface area contributed by atoms with E-state index in [9.17, 15) is 4.79 Å². The monoisotopic (exact) mass is 383 g/mol. The Hall–Kier alpha value is -2.44. The van der Waals surface area contributed by atoms with Crippen LogP contribution in [-0.4, -0.2) is 52.4 Å². The van der Waals surface area contributed by atoms with Crippen LogP contribution >= 0.6 is 11.6 Å². The lowest BCUT2D eigenvalue weighted by molar-refractivity contribution is -0.135. The molecular weight excluding hydrogens is 362 g/mol. The molecule has 0 radical (unpaired) electrons. The van der Waals surface area contributed by atoms with Crippen LogP contribution in [0.5, 0.6) is 0 Å². The number of rotatable bonds is 3. The quantitative estimate of drug-likeness (QED) is 0.755. The lowest BCUT2D eigenvalue weighted by Crippen LogP contribution is -2.53. The van der Waals surface area contributed by atoms with Gasteiger partial charge in [-0.25, -0.2) is 4.98 Å². The fraction of sp³-hybridized carbons (Fsp3) is 0.350. The molecule has 1 amide bonds. The van der Waals surface area contributed by atoms with Crippen LogP contribution in [0.15, 0.2) is 42.7 Å². The molecule has 1 fully saturated rings. The standard InChI is InChI=1S/C20H22ClN5O/c1-25(2)19(27)20(9-4-10-22-13-20)17-6-3-5-15(24-17)16-11-23-18-8-7-14(21)12-26(16)18/h3,5-8,11-12,22H,4,9-10,13H2,1-2H3. The van der Waals surface area contributed by atoms with Crippen molar-refractivity contribution in [3.05, 3.63) is 53.4 Å². The maximum atomic E-state index is 13.1. The van der Waals surface area contributed by atoms with Gasteiger partial charge in [-0.3, -0.25) is 14.2 Å². The minimum absolute atomic E-state index is 0.0838. The second kappa shape index (κ2) is 6.94. The Kier molecular flexibility index (Phi) is 4.61. The van der Waals surface area contributed by atoms with Crippen molar-refractivity contribution in [3.63, 3.8) is 0 Å². The Morgan fingerprint density at radius 3 is 2.89 bits per heavy atom. The fourth-order valence-electron chi connectivity index (χ4n) is 3.83. The number of carbonyl (C=O) groups excluding carboxylic acids is 1. The topological polar surface area (TPSA) is 62.5 Å². The Bertz CT molecular complexity index is 991. The SMILES string of the molecule is CN(C)C(=O)C1(c2cccc(-c3cnc4ccc(Cl)cn34)n2)CCCNC1. The predicted molar refractivity (Wildman–Crippen MR) is 106 cm³/mol. The molecule has 1 aliphatic rings. The summed E-state index contributed by atoms with van der Waals surface area (Å²) in [6.45, 7) is 1.52. The van der Waals surface area contributed by atoms with E-state index in [0.29, 0.717) is 11.6 Å². The number of likely N-dealkylation sites (N-methyl/N-ethyl adjacent to an activating group) is 1. The maximum absolute atomic E-state index is 13.1. The molecule has 3 aromatic heterocycles. The number of hydrogen-bond donors (Lipinski definition) is 1. The van der Waals surface area contributed by atoms with Crippen LogP contribution in [0.1, 0.15) is 18.5 Å². The summed E-state index contributed by atoms with van der Waals surface area (Å²) in [5.74, 6) is 0.0838. The first kappa shape index (κ1) is 17.9. The lowest BCUT2D eigenvalue weighted by Gasteiger charge is -2.37. The van der Waals surface area contributed by atoms with Gasteiger partial charge in [-0.2, -0.15) is 0 Å². The third-order valence-corrected chi connectivity index (χ3v) is 5.39. The number of piperidine rings is 1. The van der Waals surface area contributed by atoms with Gasteiger partial charge in [-0.05, 0) is 43.7 Å². The molecule has 4 rings (SSSR count). The normalized spacial score (nSPS) is 20.0. The number of nitrogens with zero attached hydrogens (tertiary/aromatic N) is 4. The Morgan fingerprint density at radius 1 is 1.30 bits per heavy atom. The van der Waals surface area contributed by atoms with Crippen LogP contribution in [0.4, 0.5) is 0 Å². The predicted octanol–water partition coefficient (Wildman–Crippen LogP) is 2.76.